The summed E-state index contributed by atoms with van der Waals surface area (Å²) in [5.74, 6) is 1.20. The maximum absolute atomic E-state index is 13.3. The van der Waals surface area contributed by atoms with Crippen LogP contribution in [0.1, 0.15) is 25.7 Å². The summed E-state index contributed by atoms with van der Waals surface area (Å²) in [6.45, 7) is 1.59. The van der Waals surface area contributed by atoms with Crippen LogP contribution in [0.15, 0.2) is 54.7 Å². The molecule has 1 aliphatic heterocycles. The molecule has 2 heterocycles. The molecule has 1 saturated heterocycles. The molecule has 0 spiro atoms. The Morgan fingerprint density at radius 2 is 1.72 bits per heavy atom. The van der Waals surface area contributed by atoms with Gasteiger partial charge in [0.25, 0.3) is 0 Å². The van der Waals surface area contributed by atoms with Crippen molar-refractivity contribution >= 4 is 16.8 Å². The molecule has 0 unspecified atom stereocenters. The highest BCUT2D eigenvalue weighted by Crippen LogP contribution is 2.32. The summed E-state index contributed by atoms with van der Waals surface area (Å²) < 4.78 is 19.5. The summed E-state index contributed by atoms with van der Waals surface area (Å²) in [6.07, 6.45) is 5.80. The van der Waals surface area contributed by atoms with Crippen LogP contribution in [-0.2, 0) is 4.79 Å². The van der Waals surface area contributed by atoms with Gasteiger partial charge in [-0.1, -0.05) is 12.1 Å². The zero-order valence-corrected chi connectivity index (χ0v) is 16.2. The first-order valence-electron chi connectivity index (χ1n) is 10.3. The van der Waals surface area contributed by atoms with Crippen LogP contribution in [0.3, 0.4) is 0 Å². The number of likely N-dealkylation sites (tertiary alicyclic amines) is 1. The van der Waals surface area contributed by atoms with Gasteiger partial charge in [-0.2, -0.15) is 0 Å². The van der Waals surface area contributed by atoms with E-state index in [0.29, 0.717) is 17.3 Å². The quantitative estimate of drug-likeness (QED) is 0.641. The van der Waals surface area contributed by atoms with E-state index >= 15 is 0 Å². The van der Waals surface area contributed by atoms with Crippen LogP contribution in [-0.4, -0.2) is 35.0 Å². The molecule has 2 aliphatic rings. The molecule has 2 aromatic carbocycles. The lowest BCUT2D eigenvalue weighted by molar-refractivity contribution is -0.134. The van der Waals surface area contributed by atoms with Gasteiger partial charge >= 0.3 is 0 Å². The van der Waals surface area contributed by atoms with Gasteiger partial charge < -0.3 is 9.64 Å². The maximum atomic E-state index is 13.3. The number of carbonyl (C=O) groups excluding carboxylic acids is 1. The van der Waals surface area contributed by atoms with E-state index in [1.54, 1.807) is 12.3 Å². The highest BCUT2D eigenvalue weighted by molar-refractivity contribution is 5.83. The van der Waals surface area contributed by atoms with E-state index < -0.39 is 0 Å². The molecule has 4 nitrogen and oxygen atoms in total. The molecule has 1 aliphatic carbocycles. The molecule has 5 heteroatoms. The lowest BCUT2D eigenvalue weighted by Crippen LogP contribution is -2.42. The van der Waals surface area contributed by atoms with Gasteiger partial charge in [0.05, 0.1) is 5.52 Å². The Morgan fingerprint density at radius 3 is 2.45 bits per heavy atom. The van der Waals surface area contributed by atoms with Crippen molar-refractivity contribution < 1.29 is 13.9 Å². The summed E-state index contributed by atoms with van der Waals surface area (Å²) in [4.78, 5) is 18.5. The van der Waals surface area contributed by atoms with E-state index in [9.17, 15) is 9.18 Å². The van der Waals surface area contributed by atoms with Crippen molar-refractivity contribution in [2.24, 2.45) is 5.92 Å². The third-order valence-corrected chi connectivity index (χ3v) is 5.82. The number of rotatable bonds is 4. The third-order valence-electron chi connectivity index (χ3n) is 5.82. The maximum Gasteiger partial charge on any atom is 0.225 e. The minimum Gasteiger partial charge on any atom is -0.490 e. The van der Waals surface area contributed by atoms with Gasteiger partial charge in [-0.3, -0.25) is 9.78 Å². The molecule has 2 fully saturated rings. The number of ether oxygens (including phenoxy) is 1. The van der Waals surface area contributed by atoms with E-state index in [4.69, 9.17) is 4.74 Å². The number of amides is 1. The molecule has 1 amide bonds. The zero-order chi connectivity index (χ0) is 19.8. The number of fused-ring (bicyclic) bond motifs is 1. The van der Waals surface area contributed by atoms with Crippen molar-refractivity contribution in [2.75, 3.05) is 13.1 Å². The fourth-order valence-electron chi connectivity index (χ4n) is 3.95. The second-order valence-corrected chi connectivity index (χ2v) is 8.00. The van der Waals surface area contributed by atoms with Crippen LogP contribution < -0.4 is 4.74 Å². The molecular formula is C24H23FN2O2. The largest absolute Gasteiger partial charge is 0.490 e. The molecule has 3 aromatic rings. The predicted octanol–water partition coefficient (Wildman–Crippen LogP) is 4.82. The SMILES string of the molecule is O=C(C1CC1)N1CCC(Oc2ccc(-c3cnc4cc(F)ccc4c3)cc2)CC1. The highest BCUT2D eigenvalue weighted by Gasteiger charge is 2.35. The van der Waals surface area contributed by atoms with Gasteiger partial charge in [0.2, 0.25) is 5.91 Å². The Labute approximate surface area is 169 Å². The Morgan fingerprint density at radius 1 is 0.966 bits per heavy atom. The number of piperidine rings is 1. The van der Waals surface area contributed by atoms with Crippen LogP contribution in [0.25, 0.3) is 22.0 Å². The Kier molecular flexibility index (Phi) is 4.66. The average molecular weight is 390 g/mol. The number of halogens is 1. The molecule has 0 N–H and O–H groups in total. The number of carbonyl (C=O) groups is 1. The Balaban J connectivity index is 1.22. The minimum absolute atomic E-state index is 0.154. The van der Waals surface area contributed by atoms with Gasteiger partial charge in [-0.05, 0) is 48.7 Å². The molecule has 1 aromatic heterocycles. The lowest BCUT2D eigenvalue weighted by Gasteiger charge is -2.32. The number of benzene rings is 2. The molecule has 148 valence electrons. The number of hydrogen-bond donors (Lipinski definition) is 0. The third kappa shape index (κ3) is 3.95. The summed E-state index contributed by atoms with van der Waals surface area (Å²) in [6, 6.07) is 14.7. The number of nitrogens with zero attached hydrogens (tertiary/aromatic N) is 2. The summed E-state index contributed by atoms with van der Waals surface area (Å²) in [7, 11) is 0. The summed E-state index contributed by atoms with van der Waals surface area (Å²) in [5, 5.41) is 0.914. The van der Waals surface area contributed by atoms with E-state index in [-0.39, 0.29) is 11.9 Å². The first kappa shape index (κ1) is 18.1. The second-order valence-electron chi connectivity index (χ2n) is 8.00. The topological polar surface area (TPSA) is 42.4 Å². The van der Waals surface area contributed by atoms with Crippen molar-refractivity contribution in [3.05, 3.63) is 60.5 Å². The predicted molar refractivity (Wildman–Crippen MR) is 110 cm³/mol. The van der Waals surface area contributed by atoms with Crippen molar-refractivity contribution in [2.45, 2.75) is 31.8 Å². The molecule has 0 radical (unpaired) electrons. The van der Waals surface area contributed by atoms with Crippen molar-refractivity contribution in [1.29, 1.82) is 0 Å². The first-order valence-corrected chi connectivity index (χ1v) is 10.3. The van der Waals surface area contributed by atoms with Crippen LogP contribution in [0.4, 0.5) is 4.39 Å². The smallest absolute Gasteiger partial charge is 0.225 e. The summed E-state index contributed by atoms with van der Waals surface area (Å²) in [5.41, 5.74) is 2.68. The van der Waals surface area contributed by atoms with Crippen LogP contribution in [0.5, 0.6) is 5.75 Å². The molecule has 29 heavy (non-hydrogen) atoms. The Hall–Kier alpha value is -2.95. The Bertz CT molecular complexity index is 1040. The van der Waals surface area contributed by atoms with Gasteiger partial charge in [-0.25, -0.2) is 4.39 Å². The number of hydrogen-bond acceptors (Lipinski definition) is 3. The monoisotopic (exact) mass is 390 g/mol. The van der Waals surface area contributed by atoms with Crippen molar-refractivity contribution in [3.8, 4) is 16.9 Å². The van der Waals surface area contributed by atoms with Crippen LogP contribution >= 0.6 is 0 Å². The van der Waals surface area contributed by atoms with E-state index in [1.165, 1.54) is 12.1 Å². The number of aromatic nitrogens is 1. The first-order chi connectivity index (χ1) is 14.2. The van der Waals surface area contributed by atoms with Gasteiger partial charge in [0.1, 0.15) is 17.7 Å². The van der Waals surface area contributed by atoms with Crippen molar-refractivity contribution in [1.82, 2.24) is 9.88 Å². The lowest BCUT2D eigenvalue weighted by atomic mass is 10.0. The van der Waals surface area contributed by atoms with Gasteiger partial charge in [-0.15, -0.1) is 0 Å². The van der Waals surface area contributed by atoms with E-state index in [1.807, 2.05) is 35.2 Å². The fraction of sp³-hybridized carbons (Fsp3) is 0.333. The molecule has 0 atom stereocenters. The van der Waals surface area contributed by atoms with E-state index in [2.05, 4.69) is 4.98 Å². The van der Waals surface area contributed by atoms with Gasteiger partial charge in [0, 0.05) is 55.1 Å². The van der Waals surface area contributed by atoms with Crippen molar-refractivity contribution in [3.63, 3.8) is 0 Å². The second kappa shape index (κ2) is 7.47. The minimum atomic E-state index is -0.276. The standard InChI is InChI=1S/C24H23FN2O2/c25-20-6-3-18-13-19(15-26-23(18)14-20)16-4-7-21(8-5-16)29-22-9-11-27(12-10-22)24(28)17-1-2-17/h3-8,13-15,17,22H,1-2,9-12H2. The zero-order valence-electron chi connectivity index (χ0n) is 16.2. The number of pyridine rings is 1. The summed E-state index contributed by atoms with van der Waals surface area (Å²) >= 11 is 0. The molecular weight excluding hydrogens is 367 g/mol. The van der Waals surface area contributed by atoms with Crippen LogP contribution in [0, 0.1) is 11.7 Å². The highest BCUT2D eigenvalue weighted by atomic mass is 19.1. The van der Waals surface area contributed by atoms with Gasteiger partial charge in [0.15, 0.2) is 0 Å². The van der Waals surface area contributed by atoms with Crippen LogP contribution in [0.2, 0.25) is 0 Å². The van der Waals surface area contributed by atoms with E-state index in [0.717, 1.165) is 61.0 Å². The fourth-order valence-corrected chi connectivity index (χ4v) is 3.95. The molecule has 5 rings (SSSR count). The average Bonchev–Trinajstić information content (AvgIpc) is 3.59. The molecule has 1 saturated carbocycles. The molecule has 0 bridgehead atoms. The normalized spacial score (nSPS) is 17.5.